The van der Waals surface area contributed by atoms with Crippen molar-refractivity contribution in [3.63, 3.8) is 0 Å². The maximum Gasteiger partial charge on any atom is 0.196 e. The predicted octanol–water partition coefficient (Wildman–Crippen LogP) is 3.32. The van der Waals surface area contributed by atoms with Crippen LogP contribution in [-0.4, -0.2) is 16.6 Å². The molecule has 0 spiro atoms. The molecule has 0 radical (unpaired) electrons. The number of carbonyl (C=O) groups is 2. The van der Waals surface area contributed by atoms with Crippen molar-refractivity contribution in [2.75, 3.05) is 0 Å². The van der Waals surface area contributed by atoms with E-state index in [2.05, 4.69) is 4.98 Å². The molecule has 0 saturated heterocycles. The second kappa shape index (κ2) is 4.09. The number of pyridine rings is 1. The smallest absolute Gasteiger partial charge is 0.196 e. The van der Waals surface area contributed by atoms with Gasteiger partial charge in [-0.1, -0.05) is 36.4 Å². The number of hydrogen-bond acceptors (Lipinski definition) is 3. The molecule has 0 atom stereocenters. The molecule has 0 saturated carbocycles. The van der Waals surface area contributed by atoms with Gasteiger partial charge in [0.25, 0.3) is 0 Å². The third-order valence-corrected chi connectivity index (χ3v) is 3.89. The fourth-order valence-corrected chi connectivity index (χ4v) is 2.86. The Hall–Kier alpha value is -2.81. The summed E-state index contributed by atoms with van der Waals surface area (Å²) in [6, 6.07) is 14.4. The summed E-state index contributed by atoms with van der Waals surface area (Å²) < 4.78 is 0. The largest absolute Gasteiger partial charge is 0.289 e. The molecule has 4 rings (SSSR count). The number of fused-ring (bicyclic) bond motifs is 4. The van der Waals surface area contributed by atoms with Crippen LogP contribution in [0, 0.1) is 6.92 Å². The zero-order valence-electron chi connectivity index (χ0n) is 11.4. The summed E-state index contributed by atoms with van der Waals surface area (Å²) >= 11 is 0. The highest BCUT2D eigenvalue weighted by atomic mass is 16.1. The second-order valence-corrected chi connectivity index (χ2v) is 5.22. The second-order valence-electron chi connectivity index (χ2n) is 5.22. The van der Waals surface area contributed by atoms with Crippen LogP contribution in [0.4, 0.5) is 0 Å². The van der Waals surface area contributed by atoms with E-state index in [1.165, 1.54) is 0 Å². The van der Waals surface area contributed by atoms with Gasteiger partial charge in [-0.3, -0.25) is 14.6 Å². The van der Waals surface area contributed by atoms with Crippen LogP contribution in [0.3, 0.4) is 0 Å². The molecule has 0 bridgehead atoms. The average Bonchev–Trinajstić information content (AvgIpc) is 2.51. The summed E-state index contributed by atoms with van der Waals surface area (Å²) in [5.74, 6) is -0.227. The van der Waals surface area contributed by atoms with E-state index in [0.717, 1.165) is 11.1 Å². The Morgan fingerprint density at radius 3 is 2.19 bits per heavy atom. The van der Waals surface area contributed by atoms with E-state index >= 15 is 0 Å². The Morgan fingerprint density at radius 2 is 1.43 bits per heavy atom. The first-order valence-corrected chi connectivity index (χ1v) is 6.75. The van der Waals surface area contributed by atoms with E-state index in [1.54, 1.807) is 30.3 Å². The molecule has 21 heavy (non-hydrogen) atoms. The van der Waals surface area contributed by atoms with Crippen molar-refractivity contribution in [3.05, 3.63) is 76.5 Å². The van der Waals surface area contributed by atoms with E-state index in [9.17, 15) is 9.59 Å². The molecule has 0 N–H and O–H groups in total. The van der Waals surface area contributed by atoms with Crippen LogP contribution >= 0.6 is 0 Å². The Labute approximate surface area is 121 Å². The van der Waals surface area contributed by atoms with Crippen LogP contribution in [0.25, 0.3) is 10.9 Å². The van der Waals surface area contributed by atoms with E-state index in [-0.39, 0.29) is 11.6 Å². The molecule has 0 fully saturated rings. The van der Waals surface area contributed by atoms with Crippen LogP contribution < -0.4 is 0 Å². The van der Waals surface area contributed by atoms with Crippen LogP contribution in [0.5, 0.6) is 0 Å². The maximum absolute atomic E-state index is 12.8. The Balaban J connectivity index is 2.13. The van der Waals surface area contributed by atoms with E-state index < -0.39 is 0 Å². The molecular formula is C18H11NO2. The third-order valence-electron chi connectivity index (χ3n) is 3.89. The van der Waals surface area contributed by atoms with Crippen LogP contribution in [0.15, 0.2) is 48.5 Å². The molecule has 3 nitrogen and oxygen atoms in total. The number of nitrogens with zero attached hydrogens (tertiary/aromatic N) is 1. The number of aromatic nitrogens is 1. The summed E-state index contributed by atoms with van der Waals surface area (Å²) in [5.41, 5.74) is 3.26. The fourth-order valence-electron chi connectivity index (χ4n) is 2.86. The van der Waals surface area contributed by atoms with Gasteiger partial charge in [0.05, 0.1) is 11.1 Å². The van der Waals surface area contributed by atoms with Gasteiger partial charge in [0.15, 0.2) is 11.6 Å². The lowest BCUT2D eigenvalue weighted by atomic mass is 9.83. The van der Waals surface area contributed by atoms with Gasteiger partial charge in [-0.05, 0) is 19.1 Å². The summed E-state index contributed by atoms with van der Waals surface area (Å²) in [7, 11) is 0. The first kappa shape index (κ1) is 12.0. The molecule has 1 aliphatic rings. The van der Waals surface area contributed by atoms with Crippen molar-refractivity contribution in [3.8, 4) is 0 Å². The quantitative estimate of drug-likeness (QED) is 0.494. The van der Waals surface area contributed by atoms with Crippen LogP contribution in [0.2, 0.25) is 0 Å². The van der Waals surface area contributed by atoms with Gasteiger partial charge in [0.1, 0.15) is 0 Å². The summed E-state index contributed by atoms with van der Waals surface area (Å²) in [6.07, 6.45) is 0. The summed E-state index contributed by atoms with van der Waals surface area (Å²) in [4.78, 5) is 29.9. The predicted molar refractivity (Wildman–Crippen MR) is 79.8 cm³/mol. The lowest BCUT2D eigenvalue weighted by Crippen LogP contribution is -2.21. The number of benzene rings is 2. The standard InChI is InChI=1S/C18H11NO2/c1-10-6-7-11-8-9-14-15(16(11)19-10)18(21)13-5-3-2-4-12(13)17(14)20/h2-9H,1H3. The van der Waals surface area contributed by atoms with Crippen LogP contribution in [-0.2, 0) is 0 Å². The molecule has 0 unspecified atom stereocenters. The fraction of sp³-hybridized carbons (Fsp3) is 0.0556. The van der Waals surface area contributed by atoms with Gasteiger partial charge >= 0.3 is 0 Å². The first-order chi connectivity index (χ1) is 10.2. The van der Waals surface area contributed by atoms with Crippen molar-refractivity contribution in [1.82, 2.24) is 4.98 Å². The normalized spacial score (nSPS) is 13.2. The first-order valence-electron chi connectivity index (χ1n) is 6.75. The highest BCUT2D eigenvalue weighted by molar-refractivity contribution is 6.31. The van der Waals surface area contributed by atoms with Gasteiger partial charge in [-0.25, -0.2) is 0 Å². The Bertz CT molecular complexity index is 941. The van der Waals surface area contributed by atoms with Crippen molar-refractivity contribution in [1.29, 1.82) is 0 Å². The molecule has 2 aromatic carbocycles. The van der Waals surface area contributed by atoms with Crippen molar-refractivity contribution in [2.45, 2.75) is 6.92 Å². The van der Waals surface area contributed by atoms with Crippen molar-refractivity contribution >= 4 is 22.5 Å². The molecule has 3 heteroatoms. The van der Waals surface area contributed by atoms with E-state index in [4.69, 9.17) is 0 Å². The number of carbonyl (C=O) groups excluding carboxylic acids is 2. The minimum Gasteiger partial charge on any atom is -0.289 e. The number of rotatable bonds is 0. The van der Waals surface area contributed by atoms with Gasteiger partial charge in [0, 0.05) is 27.8 Å². The molecule has 0 amide bonds. The minimum absolute atomic E-state index is 0.106. The monoisotopic (exact) mass is 273 g/mol. The lowest BCUT2D eigenvalue weighted by Gasteiger charge is -2.18. The molecule has 0 aliphatic heterocycles. The summed E-state index contributed by atoms with van der Waals surface area (Å²) in [6.45, 7) is 1.88. The molecule has 1 aromatic heterocycles. The Morgan fingerprint density at radius 1 is 0.762 bits per heavy atom. The van der Waals surface area contributed by atoms with Gasteiger partial charge in [0.2, 0.25) is 0 Å². The van der Waals surface area contributed by atoms with Crippen LogP contribution in [0.1, 0.15) is 37.5 Å². The SMILES string of the molecule is Cc1ccc2ccc3c(c2n1)C(=O)c1ccccc1C3=O. The number of hydrogen-bond donors (Lipinski definition) is 0. The minimum atomic E-state index is -0.121. The van der Waals surface area contributed by atoms with Crippen molar-refractivity contribution < 1.29 is 9.59 Å². The maximum atomic E-state index is 12.8. The van der Waals surface area contributed by atoms with Gasteiger partial charge < -0.3 is 0 Å². The molecule has 100 valence electrons. The van der Waals surface area contributed by atoms with Gasteiger partial charge in [-0.2, -0.15) is 0 Å². The Kier molecular flexibility index (Phi) is 2.33. The van der Waals surface area contributed by atoms with Gasteiger partial charge in [-0.15, -0.1) is 0 Å². The van der Waals surface area contributed by atoms with E-state index in [0.29, 0.717) is 27.8 Å². The average molecular weight is 273 g/mol. The third kappa shape index (κ3) is 1.57. The molecule has 1 heterocycles. The number of aryl methyl sites for hydroxylation is 1. The lowest BCUT2D eigenvalue weighted by molar-refractivity contribution is 0.0980. The highest BCUT2D eigenvalue weighted by Crippen LogP contribution is 2.31. The van der Waals surface area contributed by atoms with E-state index in [1.807, 2.05) is 25.1 Å². The molecule has 3 aromatic rings. The molecular weight excluding hydrogens is 262 g/mol. The topological polar surface area (TPSA) is 47.0 Å². The highest BCUT2D eigenvalue weighted by Gasteiger charge is 2.31. The molecule has 1 aliphatic carbocycles. The van der Waals surface area contributed by atoms with Crippen molar-refractivity contribution in [2.24, 2.45) is 0 Å². The zero-order valence-corrected chi connectivity index (χ0v) is 11.4. The zero-order chi connectivity index (χ0) is 14.6. The number of ketones is 2. The summed E-state index contributed by atoms with van der Waals surface area (Å²) in [5, 5.41) is 0.875.